The van der Waals surface area contributed by atoms with E-state index in [2.05, 4.69) is 25.1 Å². The summed E-state index contributed by atoms with van der Waals surface area (Å²) < 4.78 is 16.6. The van der Waals surface area contributed by atoms with E-state index in [4.69, 9.17) is 14.2 Å². The smallest absolute Gasteiger partial charge is 0.161 e. The molecule has 4 heteroatoms. The molecule has 1 aromatic carbocycles. The molecule has 0 saturated carbocycles. The third-order valence-corrected chi connectivity index (χ3v) is 3.21. The second-order valence-corrected chi connectivity index (χ2v) is 4.78. The number of nitrogens with zero attached hydrogens (tertiary/aromatic N) is 1. The Morgan fingerprint density at radius 2 is 1.89 bits per heavy atom. The predicted octanol–water partition coefficient (Wildman–Crippen LogP) is 1.88. The molecule has 0 N–H and O–H groups in total. The van der Waals surface area contributed by atoms with E-state index in [1.807, 2.05) is 6.07 Å². The highest BCUT2D eigenvalue weighted by molar-refractivity contribution is 5.49. The van der Waals surface area contributed by atoms with Crippen molar-refractivity contribution in [2.24, 2.45) is 0 Å². The summed E-state index contributed by atoms with van der Waals surface area (Å²) in [7, 11) is 7.44. The van der Waals surface area contributed by atoms with E-state index in [0.717, 1.165) is 31.1 Å². The minimum Gasteiger partial charge on any atom is -0.493 e. The summed E-state index contributed by atoms with van der Waals surface area (Å²) in [6.07, 6.45) is 1.04. The molecule has 0 aromatic heterocycles. The van der Waals surface area contributed by atoms with Crippen LogP contribution in [0, 0.1) is 0 Å². The van der Waals surface area contributed by atoms with Crippen molar-refractivity contribution >= 4 is 0 Å². The molecule has 0 aliphatic carbocycles. The van der Waals surface area contributed by atoms with Gasteiger partial charge in [-0.15, -0.1) is 0 Å². The molecule has 1 aromatic rings. The summed E-state index contributed by atoms with van der Waals surface area (Å²) in [5.74, 6) is 1.56. The van der Waals surface area contributed by atoms with Crippen LogP contribution >= 0.6 is 0 Å². The molecule has 0 bridgehead atoms. The predicted molar refractivity (Wildman–Crippen MR) is 70.5 cm³/mol. The number of likely N-dealkylation sites (N-methyl/N-ethyl adjacent to an activating group) is 1. The lowest BCUT2D eigenvalue weighted by Gasteiger charge is -2.29. The fraction of sp³-hybridized carbons (Fsp3) is 0.571. The molecule has 0 radical (unpaired) electrons. The molecule has 0 spiro atoms. The zero-order chi connectivity index (χ0) is 13.1. The summed E-state index contributed by atoms with van der Waals surface area (Å²) >= 11 is 0. The lowest BCUT2D eigenvalue weighted by atomic mass is 9.96. The SMILES string of the molecule is COc1cc2c(cc1OC)C(CN(C)C)OCC2. The first-order valence-electron chi connectivity index (χ1n) is 6.16. The van der Waals surface area contributed by atoms with E-state index in [1.165, 1.54) is 11.1 Å². The normalized spacial score (nSPS) is 18.6. The Kier molecular flexibility index (Phi) is 4.09. The maximum atomic E-state index is 5.85. The van der Waals surface area contributed by atoms with Gasteiger partial charge in [0.15, 0.2) is 11.5 Å². The fourth-order valence-electron chi connectivity index (χ4n) is 2.34. The van der Waals surface area contributed by atoms with Crippen molar-refractivity contribution in [2.45, 2.75) is 12.5 Å². The third kappa shape index (κ3) is 2.60. The molecular weight excluding hydrogens is 230 g/mol. The zero-order valence-corrected chi connectivity index (χ0v) is 11.5. The van der Waals surface area contributed by atoms with Crippen LogP contribution in [0.1, 0.15) is 17.2 Å². The molecule has 0 saturated heterocycles. The first-order valence-corrected chi connectivity index (χ1v) is 6.16. The van der Waals surface area contributed by atoms with Gasteiger partial charge in [-0.2, -0.15) is 0 Å². The zero-order valence-electron chi connectivity index (χ0n) is 11.5. The first-order chi connectivity index (χ1) is 8.65. The van der Waals surface area contributed by atoms with Gasteiger partial charge < -0.3 is 19.1 Å². The highest BCUT2D eigenvalue weighted by Crippen LogP contribution is 2.36. The van der Waals surface area contributed by atoms with E-state index >= 15 is 0 Å². The second-order valence-electron chi connectivity index (χ2n) is 4.78. The van der Waals surface area contributed by atoms with Gasteiger partial charge in [-0.05, 0) is 43.8 Å². The van der Waals surface area contributed by atoms with Gasteiger partial charge in [-0.25, -0.2) is 0 Å². The average Bonchev–Trinajstić information content (AvgIpc) is 2.37. The van der Waals surface area contributed by atoms with Gasteiger partial charge >= 0.3 is 0 Å². The lowest BCUT2D eigenvalue weighted by Crippen LogP contribution is -2.26. The molecule has 4 nitrogen and oxygen atoms in total. The van der Waals surface area contributed by atoms with Gasteiger partial charge in [0.25, 0.3) is 0 Å². The molecule has 1 atom stereocenters. The van der Waals surface area contributed by atoms with Gasteiger partial charge in [-0.3, -0.25) is 0 Å². The quantitative estimate of drug-likeness (QED) is 0.817. The van der Waals surface area contributed by atoms with Gasteiger partial charge in [0.05, 0.1) is 26.9 Å². The highest BCUT2D eigenvalue weighted by atomic mass is 16.5. The Balaban J connectivity index is 2.37. The topological polar surface area (TPSA) is 30.9 Å². The van der Waals surface area contributed by atoms with Crippen LogP contribution in [0.15, 0.2) is 12.1 Å². The number of ether oxygens (including phenoxy) is 3. The van der Waals surface area contributed by atoms with Crippen LogP contribution < -0.4 is 9.47 Å². The number of fused-ring (bicyclic) bond motifs is 1. The van der Waals surface area contributed by atoms with Crippen molar-refractivity contribution in [1.82, 2.24) is 4.90 Å². The summed E-state index contributed by atoms with van der Waals surface area (Å²) in [4.78, 5) is 2.14. The van der Waals surface area contributed by atoms with Crippen molar-refractivity contribution in [3.63, 3.8) is 0 Å². The van der Waals surface area contributed by atoms with Gasteiger partial charge in [0.1, 0.15) is 0 Å². The van der Waals surface area contributed by atoms with Gasteiger partial charge in [0.2, 0.25) is 0 Å². The van der Waals surface area contributed by atoms with E-state index in [1.54, 1.807) is 14.2 Å². The summed E-state index contributed by atoms with van der Waals surface area (Å²) in [6.45, 7) is 1.64. The van der Waals surface area contributed by atoms with Crippen LogP contribution in [-0.4, -0.2) is 46.4 Å². The molecule has 0 amide bonds. The van der Waals surface area contributed by atoms with Crippen LogP contribution in [0.3, 0.4) is 0 Å². The largest absolute Gasteiger partial charge is 0.493 e. The van der Waals surface area contributed by atoms with E-state index in [-0.39, 0.29) is 6.10 Å². The van der Waals surface area contributed by atoms with E-state index < -0.39 is 0 Å². The molecule has 1 aliphatic heterocycles. The third-order valence-electron chi connectivity index (χ3n) is 3.21. The molecule has 0 fully saturated rings. The molecule has 100 valence electrons. The Hall–Kier alpha value is -1.26. The molecule has 1 heterocycles. The number of hydrogen-bond acceptors (Lipinski definition) is 4. The molecule has 1 aliphatic rings. The van der Waals surface area contributed by atoms with Crippen molar-refractivity contribution in [2.75, 3.05) is 41.5 Å². The van der Waals surface area contributed by atoms with Crippen molar-refractivity contribution in [3.05, 3.63) is 23.3 Å². The Morgan fingerprint density at radius 1 is 1.22 bits per heavy atom. The van der Waals surface area contributed by atoms with Crippen molar-refractivity contribution in [1.29, 1.82) is 0 Å². The first kappa shape index (κ1) is 13.2. The molecular formula is C14H21NO3. The Morgan fingerprint density at radius 3 is 2.50 bits per heavy atom. The Bertz CT molecular complexity index is 418. The Labute approximate surface area is 108 Å². The minimum atomic E-state index is 0.114. The highest BCUT2D eigenvalue weighted by Gasteiger charge is 2.23. The van der Waals surface area contributed by atoms with Gasteiger partial charge in [0, 0.05) is 6.54 Å². The fourth-order valence-corrected chi connectivity index (χ4v) is 2.34. The monoisotopic (exact) mass is 251 g/mol. The van der Waals surface area contributed by atoms with Crippen LogP contribution in [0.4, 0.5) is 0 Å². The van der Waals surface area contributed by atoms with E-state index in [0.29, 0.717) is 0 Å². The number of hydrogen-bond donors (Lipinski definition) is 0. The van der Waals surface area contributed by atoms with Crippen LogP contribution in [0.25, 0.3) is 0 Å². The van der Waals surface area contributed by atoms with Gasteiger partial charge in [-0.1, -0.05) is 0 Å². The van der Waals surface area contributed by atoms with E-state index in [9.17, 15) is 0 Å². The lowest BCUT2D eigenvalue weighted by molar-refractivity contribution is 0.0252. The average molecular weight is 251 g/mol. The second kappa shape index (κ2) is 5.59. The summed E-state index contributed by atoms with van der Waals surface area (Å²) in [5, 5.41) is 0. The molecule has 1 unspecified atom stereocenters. The number of benzene rings is 1. The number of rotatable bonds is 4. The van der Waals surface area contributed by atoms with Crippen LogP contribution in [0.2, 0.25) is 0 Å². The van der Waals surface area contributed by atoms with Crippen molar-refractivity contribution in [3.8, 4) is 11.5 Å². The van der Waals surface area contributed by atoms with Crippen LogP contribution in [-0.2, 0) is 11.2 Å². The maximum Gasteiger partial charge on any atom is 0.161 e. The number of methoxy groups -OCH3 is 2. The minimum absolute atomic E-state index is 0.114. The summed E-state index contributed by atoms with van der Waals surface area (Å²) in [6, 6.07) is 4.11. The maximum absolute atomic E-state index is 5.85. The molecule has 18 heavy (non-hydrogen) atoms. The van der Waals surface area contributed by atoms with Crippen molar-refractivity contribution < 1.29 is 14.2 Å². The summed E-state index contributed by atoms with van der Waals surface area (Å²) in [5.41, 5.74) is 2.51. The standard InChI is InChI=1S/C14H21NO3/c1-15(2)9-14-11-8-13(17-4)12(16-3)7-10(11)5-6-18-14/h7-8,14H,5-6,9H2,1-4H3. The molecule has 2 rings (SSSR count). The van der Waals surface area contributed by atoms with Crippen LogP contribution in [0.5, 0.6) is 11.5 Å².